The number of anilines is 2. The van der Waals surface area contributed by atoms with Crippen LogP contribution in [0.15, 0.2) is 52.7 Å². The predicted molar refractivity (Wildman–Crippen MR) is 72.4 cm³/mol. The molecule has 0 fully saturated rings. The van der Waals surface area contributed by atoms with Crippen LogP contribution in [0.1, 0.15) is 0 Å². The first-order valence-electron chi connectivity index (χ1n) is 5.41. The zero-order chi connectivity index (χ0) is 13.0. The summed E-state index contributed by atoms with van der Waals surface area (Å²) in [4.78, 5) is 0. The fraction of sp³-hybridized carbons (Fsp3) is 0.0769. The Kier molecular flexibility index (Phi) is 3.43. The summed E-state index contributed by atoms with van der Waals surface area (Å²) in [5, 5.41) is 8.19. The molecular formula is C13H14N4O. The molecule has 18 heavy (non-hydrogen) atoms. The summed E-state index contributed by atoms with van der Waals surface area (Å²) in [7, 11) is 1.58. The van der Waals surface area contributed by atoms with Gasteiger partial charge in [-0.25, -0.2) is 0 Å². The molecule has 92 valence electrons. The van der Waals surface area contributed by atoms with Crippen LogP contribution in [0.5, 0.6) is 5.75 Å². The van der Waals surface area contributed by atoms with Gasteiger partial charge in [0.25, 0.3) is 0 Å². The van der Waals surface area contributed by atoms with Crippen LogP contribution in [-0.4, -0.2) is 7.11 Å². The number of nitrogens with zero attached hydrogens (tertiary/aromatic N) is 2. The van der Waals surface area contributed by atoms with E-state index in [9.17, 15) is 0 Å². The summed E-state index contributed by atoms with van der Waals surface area (Å²) in [6.45, 7) is 0. The van der Waals surface area contributed by atoms with E-state index in [0.717, 1.165) is 0 Å². The van der Waals surface area contributed by atoms with Crippen LogP contribution in [0.3, 0.4) is 0 Å². The third kappa shape index (κ3) is 2.40. The van der Waals surface area contributed by atoms with E-state index in [0.29, 0.717) is 28.5 Å². The lowest BCUT2D eigenvalue weighted by atomic mass is 10.2. The van der Waals surface area contributed by atoms with Gasteiger partial charge in [-0.3, -0.25) is 0 Å². The highest BCUT2D eigenvalue weighted by molar-refractivity contribution is 5.76. The fourth-order valence-electron chi connectivity index (χ4n) is 1.51. The average molecular weight is 242 g/mol. The van der Waals surface area contributed by atoms with Gasteiger partial charge in [0.05, 0.1) is 18.5 Å². The Labute approximate surface area is 105 Å². The van der Waals surface area contributed by atoms with Crippen LogP contribution < -0.4 is 16.2 Å². The van der Waals surface area contributed by atoms with E-state index in [1.807, 2.05) is 18.2 Å². The molecule has 0 bridgehead atoms. The van der Waals surface area contributed by atoms with Gasteiger partial charge in [0, 0.05) is 0 Å². The fourth-order valence-corrected chi connectivity index (χ4v) is 1.51. The number of rotatable bonds is 3. The number of azo groups is 1. The quantitative estimate of drug-likeness (QED) is 0.639. The van der Waals surface area contributed by atoms with E-state index in [1.165, 1.54) is 0 Å². The lowest BCUT2D eigenvalue weighted by Gasteiger charge is -2.04. The SMILES string of the molecule is COc1ccccc1N=Nc1c(N)cccc1N. The van der Waals surface area contributed by atoms with Gasteiger partial charge in [-0.15, -0.1) is 10.2 Å². The second-order valence-electron chi connectivity index (χ2n) is 3.66. The first-order valence-corrected chi connectivity index (χ1v) is 5.41. The van der Waals surface area contributed by atoms with Crippen molar-refractivity contribution in [1.82, 2.24) is 0 Å². The molecule has 0 atom stereocenters. The monoisotopic (exact) mass is 242 g/mol. The highest BCUT2D eigenvalue weighted by Crippen LogP contribution is 2.33. The number of methoxy groups -OCH3 is 1. The van der Waals surface area contributed by atoms with Gasteiger partial charge >= 0.3 is 0 Å². The topological polar surface area (TPSA) is 86.0 Å². The molecule has 0 unspecified atom stereocenters. The zero-order valence-corrected chi connectivity index (χ0v) is 10.00. The number of para-hydroxylation sites is 1. The summed E-state index contributed by atoms with van der Waals surface area (Å²) in [5.41, 5.74) is 13.7. The van der Waals surface area contributed by atoms with Gasteiger partial charge in [0.15, 0.2) is 0 Å². The van der Waals surface area contributed by atoms with Crippen molar-refractivity contribution in [2.75, 3.05) is 18.6 Å². The van der Waals surface area contributed by atoms with Crippen molar-refractivity contribution in [1.29, 1.82) is 0 Å². The maximum absolute atomic E-state index is 5.79. The molecule has 2 aromatic rings. The number of ether oxygens (including phenoxy) is 1. The molecule has 0 radical (unpaired) electrons. The summed E-state index contributed by atoms with van der Waals surface area (Å²) in [6, 6.07) is 12.6. The molecule has 0 aromatic heterocycles. The molecule has 0 saturated heterocycles. The Balaban J connectivity index is 2.36. The summed E-state index contributed by atoms with van der Waals surface area (Å²) in [5.74, 6) is 0.648. The van der Waals surface area contributed by atoms with E-state index in [1.54, 1.807) is 31.4 Å². The number of nitrogen functional groups attached to an aromatic ring is 2. The molecule has 2 aromatic carbocycles. The third-order valence-electron chi connectivity index (χ3n) is 2.44. The molecule has 0 aliphatic heterocycles. The maximum Gasteiger partial charge on any atom is 0.146 e. The van der Waals surface area contributed by atoms with E-state index < -0.39 is 0 Å². The smallest absolute Gasteiger partial charge is 0.146 e. The van der Waals surface area contributed by atoms with Crippen LogP contribution in [0.2, 0.25) is 0 Å². The van der Waals surface area contributed by atoms with Crippen molar-refractivity contribution < 1.29 is 4.74 Å². The Morgan fingerprint density at radius 1 is 0.889 bits per heavy atom. The molecule has 0 amide bonds. The second-order valence-corrected chi connectivity index (χ2v) is 3.66. The lowest BCUT2D eigenvalue weighted by Crippen LogP contribution is -1.90. The van der Waals surface area contributed by atoms with E-state index in [2.05, 4.69) is 10.2 Å². The maximum atomic E-state index is 5.79. The molecule has 5 heteroatoms. The number of nitrogens with two attached hydrogens (primary N) is 2. The Morgan fingerprint density at radius 3 is 2.22 bits per heavy atom. The Bertz CT molecular complexity index is 561. The highest BCUT2D eigenvalue weighted by Gasteiger charge is 2.03. The average Bonchev–Trinajstić information content (AvgIpc) is 2.38. The Morgan fingerprint density at radius 2 is 1.56 bits per heavy atom. The van der Waals surface area contributed by atoms with Gasteiger partial charge in [-0.05, 0) is 24.3 Å². The van der Waals surface area contributed by atoms with Gasteiger partial charge < -0.3 is 16.2 Å². The van der Waals surface area contributed by atoms with Crippen molar-refractivity contribution in [2.24, 2.45) is 10.2 Å². The van der Waals surface area contributed by atoms with Crippen LogP contribution in [0, 0.1) is 0 Å². The minimum Gasteiger partial charge on any atom is -0.494 e. The van der Waals surface area contributed by atoms with Crippen molar-refractivity contribution in [3.63, 3.8) is 0 Å². The minimum absolute atomic E-state index is 0.475. The second kappa shape index (κ2) is 5.18. The van der Waals surface area contributed by atoms with Gasteiger partial charge in [-0.1, -0.05) is 18.2 Å². The van der Waals surface area contributed by atoms with Crippen molar-refractivity contribution in [3.8, 4) is 5.75 Å². The zero-order valence-electron chi connectivity index (χ0n) is 10.00. The molecule has 0 aliphatic rings. The summed E-state index contributed by atoms with van der Waals surface area (Å²) >= 11 is 0. The van der Waals surface area contributed by atoms with Crippen LogP contribution in [0.25, 0.3) is 0 Å². The minimum atomic E-state index is 0.475. The highest BCUT2D eigenvalue weighted by atomic mass is 16.5. The van der Waals surface area contributed by atoms with Crippen molar-refractivity contribution >= 4 is 22.7 Å². The van der Waals surface area contributed by atoms with E-state index >= 15 is 0 Å². The van der Waals surface area contributed by atoms with Gasteiger partial charge in [-0.2, -0.15) is 0 Å². The van der Waals surface area contributed by atoms with E-state index in [-0.39, 0.29) is 0 Å². The van der Waals surface area contributed by atoms with Gasteiger partial charge in [0.1, 0.15) is 17.1 Å². The standard InChI is InChI=1S/C13H14N4O/c1-18-12-8-3-2-7-11(12)16-17-13-9(14)5-4-6-10(13)15/h2-8H,14-15H2,1H3. The number of benzene rings is 2. The Hall–Kier alpha value is -2.56. The van der Waals surface area contributed by atoms with Crippen molar-refractivity contribution in [3.05, 3.63) is 42.5 Å². The molecule has 5 nitrogen and oxygen atoms in total. The normalized spacial score (nSPS) is 10.7. The predicted octanol–water partition coefficient (Wildman–Crippen LogP) is 3.28. The first-order chi connectivity index (χ1) is 8.72. The molecule has 0 spiro atoms. The molecule has 2 rings (SSSR count). The number of hydrogen-bond acceptors (Lipinski definition) is 5. The van der Waals surface area contributed by atoms with Crippen molar-refractivity contribution in [2.45, 2.75) is 0 Å². The molecule has 0 aliphatic carbocycles. The lowest BCUT2D eigenvalue weighted by molar-refractivity contribution is 0.416. The third-order valence-corrected chi connectivity index (χ3v) is 2.44. The molecule has 0 saturated carbocycles. The summed E-state index contributed by atoms with van der Waals surface area (Å²) in [6.07, 6.45) is 0. The molecular weight excluding hydrogens is 228 g/mol. The largest absolute Gasteiger partial charge is 0.494 e. The van der Waals surface area contributed by atoms with Crippen LogP contribution >= 0.6 is 0 Å². The number of hydrogen-bond donors (Lipinski definition) is 2. The van der Waals surface area contributed by atoms with Crippen LogP contribution in [-0.2, 0) is 0 Å². The van der Waals surface area contributed by atoms with E-state index in [4.69, 9.17) is 16.2 Å². The van der Waals surface area contributed by atoms with Crippen LogP contribution in [0.4, 0.5) is 22.7 Å². The van der Waals surface area contributed by atoms with Gasteiger partial charge in [0.2, 0.25) is 0 Å². The molecule has 4 N–H and O–H groups in total. The molecule has 0 heterocycles. The first kappa shape index (κ1) is 11.9. The summed E-state index contributed by atoms with van der Waals surface area (Å²) < 4.78 is 5.18.